The van der Waals surface area contributed by atoms with Crippen molar-refractivity contribution in [3.63, 3.8) is 0 Å². The monoisotopic (exact) mass is 349 g/mol. The molecule has 1 aliphatic rings. The van der Waals surface area contributed by atoms with Gasteiger partial charge in [-0.25, -0.2) is 4.79 Å². The molecule has 7 heteroatoms. The molecule has 2 aromatic carbocycles. The first kappa shape index (κ1) is 16.3. The molecule has 0 bridgehead atoms. The molecule has 3 N–H and O–H groups in total. The Kier molecular flexibility index (Phi) is 4.37. The molecule has 2 amide bonds. The van der Waals surface area contributed by atoms with E-state index in [9.17, 15) is 4.79 Å². The molecule has 132 valence electrons. The van der Waals surface area contributed by atoms with Crippen molar-refractivity contribution in [3.8, 4) is 11.4 Å². The molecule has 0 saturated heterocycles. The molecule has 1 aromatic heterocycles. The molecule has 7 nitrogen and oxygen atoms in total. The number of nitrogens with zero attached hydrogens (tertiary/aromatic N) is 2. The predicted octanol–water partition coefficient (Wildman–Crippen LogP) is 2.97. The topological polar surface area (TPSA) is 92.1 Å². The van der Waals surface area contributed by atoms with Crippen molar-refractivity contribution >= 4 is 11.7 Å². The smallest absolute Gasteiger partial charge is 0.319 e. The summed E-state index contributed by atoms with van der Waals surface area (Å²) in [5.74, 6) is 0.926. The molecule has 1 aliphatic heterocycles. The van der Waals surface area contributed by atoms with Gasteiger partial charge in [-0.05, 0) is 28.8 Å². The van der Waals surface area contributed by atoms with E-state index in [1.807, 2.05) is 30.3 Å². The van der Waals surface area contributed by atoms with Crippen LogP contribution in [0.1, 0.15) is 22.6 Å². The number of benzene rings is 2. The maximum atomic E-state index is 12.3. The van der Waals surface area contributed by atoms with Gasteiger partial charge in [0.25, 0.3) is 0 Å². The maximum Gasteiger partial charge on any atom is 0.319 e. The molecular formula is C19H19N5O2. The van der Waals surface area contributed by atoms with Crippen LogP contribution in [-0.2, 0) is 19.6 Å². The highest BCUT2D eigenvalue weighted by Crippen LogP contribution is 2.25. The Hall–Kier alpha value is -3.19. The Morgan fingerprint density at radius 3 is 2.88 bits per heavy atom. The lowest BCUT2D eigenvalue weighted by atomic mass is 10.1. The third-order valence-electron chi connectivity index (χ3n) is 4.30. The summed E-state index contributed by atoms with van der Waals surface area (Å²) in [5.41, 5.74) is 5.03. The number of carbonyl (C=O) groups excluding carboxylic acids is 1. The number of aryl methyl sites for hydroxylation is 1. The molecule has 0 spiro atoms. The fourth-order valence-corrected chi connectivity index (χ4v) is 3.00. The van der Waals surface area contributed by atoms with Gasteiger partial charge in [0.15, 0.2) is 0 Å². The van der Waals surface area contributed by atoms with E-state index in [1.54, 1.807) is 6.92 Å². The van der Waals surface area contributed by atoms with Gasteiger partial charge in [0, 0.05) is 32.1 Å². The molecular weight excluding hydrogens is 330 g/mol. The molecule has 0 atom stereocenters. The predicted molar refractivity (Wildman–Crippen MR) is 97.3 cm³/mol. The number of anilines is 1. The summed E-state index contributed by atoms with van der Waals surface area (Å²) in [6.45, 7) is 3.98. The summed E-state index contributed by atoms with van der Waals surface area (Å²) in [5, 5.41) is 13.0. The van der Waals surface area contributed by atoms with Crippen LogP contribution in [0, 0.1) is 6.92 Å². The number of nitrogens with one attached hydrogen (secondary N) is 3. The van der Waals surface area contributed by atoms with Crippen molar-refractivity contribution in [1.82, 2.24) is 20.8 Å². The van der Waals surface area contributed by atoms with Crippen molar-refractivity contribution in [2.45, 2.75) is 26.6 Å². The summed E-state index contributed by atoms with van der Waals surface area (Å²) in [4.78, 5) is 16.5. The molecule has 0 unspecified atom stereocenters. The molecule has 3 aromatic rings. The first-order chi connectivity index (χ1) is 12.7. The average Bonchev–Trinajstić information content (AvgIpc) is 3.28. The summed E-state index contributed by atoms with van der Waals surface area (Å²) < 4.78 is 5.03. The minimum atomic E-state index is -0.281. The van der Waals surface area contributed by atoms with Crippen molar-refractivity contribution in [3.05, 3.63) is 65.0 Å². The van der Waals surface area contributed by atoms with Crippen LogP contribution in [0.3, 0.4) is 0 Å². The zero-order valence-corrected chi connectivity index (χ0v) is 14.4. The third kappa shape index (κ3) is 3.43. The van der Waals surface area contributed by atoms with Gasteiger partial charge < -0.3 is 20.5 Å². The fraction of sp³-hybridized carbons (Fsp3) is 0.211. The molecule has 0 radical (unpaired) electrons. The number of carbonyl (C=O) groups is 1. The summed E-state index contributed by atoms with van der Waals surface area (Å²) in [6.07, 6.45) is 0. The van der Waals surface area contributed by atoms with E-state index >= 15 is 0 Å². The van der Waals surface area contributed by atoms with Crippen molar-refractivity contribution in [2.75, 3.05) is 5.32 Å². The Balaban J connectivity index is 1.42. The highest BCUT2D eigenvalue weighted by atomic mass is 16.5. The van der Waals surface area contributed by atoms with E-state index in [1.165, 1.54) is 11.1 Å². The van der Waals surface area contributed by atoms with Gasteiger partial charge in [0.2, 0.25) is 11.7 Å². The number of para-hydroxylation sites is 1. The van der Waals surface area contributed by atoms with Gasteiger partial charge in [0.05, 0.1) is 5.69 Å². The first-order valence-corrected chi connectivity index (χ1v) is 8.45. The number of hydrogen-bond acceptors (Lipinski definition) is 5. The van der Waals surface area contributed by atoms with E-state index in [2.05, 4.69) is 38.2 Å². The van der Waals surface area contributed by atoms with Crippen LogP contribution in [0.25, 0.3) is 11.4 Å². The number of urea groups is 1. The van der Waals surface area contributed by atoms with Crippen LogP contribution in [0.4, 0.5) is 10.5 Å². The second kappa shape index (κ2) is 6.97. The lowest BCUT2D eigenvalue weighted by molar-refractivity contribution is 0.251. The lowest BCUT2D eigenvalue weighted by Gasteiger charge is -2.11. The Labute approximate surface area is 150 Å². The second-order valence-corrected chi connectivity index (χ2v) is 6.20. The fourth-order valence-electron chi connectivity index (χ4n) is 3.00. The van der Waals surface area contributed by atoms with Crippen LogP contribution in [-0.4, -0.2) is 16.2 Å². The Morgan fingerprint density at radius 2 is 2.04 bits per heavy atom. The first-order valence-electron chi connectivity index (χ1n) is 8.45. The molecule has 0 saturated carbocycles. The van der Waals surface area contributed by atoms with Gasteiger partial charge in [-0.2, -0.15) is 4.98 Å². The normalized spacial score (nSPS) is 12.7. The largest absolute Gasteiger partial charge is 0.339 e. The molecule has 0 fully saturated rings. The molecule has 2 heterocycles. The van der Waals surface area contributed by atoms with Crippen LogP contribution in [0.15, 0.2) is 47.0 Å². The lowest BCUT2D eigenvalue weighted by Crippen LogP contribution is -2.28. The molecule has 4 rings (SSSR count). The van der Waals surface area contributed by atoms with Crippen molar-refractivity contribution < 1.29 is 9.32 Å². The van der Waals surface area contributed by atoms with Gasteiger partial charge in [0.1, 0.15) is 0 Å². The Bertz CT molecular complexity index is 951. The van der Waals surface area contributed by atoms with E-state index in [4.69, 9.17) is 4.52 Å². The van der Waals surface area contributed by atoms with Gasteiger partial charge in [-0.15, -0.1) is 0 Å². The average molecular weight is 349 g/mol. The minimum Gasteiger partial charge on any atom is -0.339 e. The molecule has 26 heavy (non-hydrogen) atoms. The molecule has 0 aliphatic carbocycles. The van der Waals surface area contributed by atoms with Crippen molar-refractivity contribution in [2.24, 2.45) is 0 Å². The van der Waals surface area contributed by atoms with Crippen LogP contribution in [0.2, 0.25) is 0 Å². The van der Waals surface area contributed by atoms with Crippen LogP contribution in [0.5, 0.6) is 0 Å². The number of fused-ring (bicyclic) bond motifs is 1. The maximum absolute atomic E-state index is 12.3. The number of hydrogen-bond donors (Lipinski definition) is 3. The van der Waals surface area contributed by atoms with E-state index in [0.717, 1.165) is 18.7 Å². The number of rotatable bonds is 4. The summed E-state index contributed by atoms with van der Waals surface area (Å²) in [7, 11) is 0. The third-order valence-corrected chi connectivity index (χ3v) is 4.30. The zero-order valence-electron chi connectivity index (χ0n) is 14.4. The van der Waals surface area contributed by atoms with E-state index in [0.29, 0.717) is 29.5 Å². The van der Waals surface area contributed by atoms with Crippen LogP contribution >= 0.6 is 0 Å². The number of aromatic nitrogens is 2. The summed E-state index contributed by atoms with van der Waals surface area (Å²) in [6, 6.07) is 13.4. The van der Waals surface area contributed by atoms with E-state index in [-0.39, 0.29) is 6.03 Å². The highest BCUT2D eigenvalue weighted by Gasteiger charge is 2.13. The van der Waals surface area contributed by atoms with Gasteiger partial charge in [-0.3, -0.25) is 0 Å². The quantitative estimate of drug-likeness (QED) is 0.673. The van der Waals surface area contributed by atoms with Crippen LogP contribution < -0.4 is 16.0 Å². The SMILES string of the molecule is Cc1nc(-c2ccccc2NC(=O)NCc2ccc3c(c2)CNC3)no1. The highest BCUT2D eigenvalue weighted by molar-refractivity contribution is 5.93. The van der Waals surface area contributed by atoms with E-state index < -0.39 is 0 Å². The Morgan fingerprint density at radius 1 is 1.19 bits per heavy atom. The minimum absolute atomic E-state index is 0.281. The van der Waals surface area contributed by atoms with Gasteiger partial charge >= 0.3 is 6.03 Å². The summed E-state index contributed by atoms with van der Waals surface area (Å²) >= 11 is 0. The van der Waals surface area contributed by atoms with Gasteiger partial charge in [-0.1, -0.05) is 35.5 Å². The second-order valence-electron chi connectivity index (χ2n) is 6.20. The standard InChI is InChI=1S/C19H19N5O2/c1-12-22-18(24-26-12)16-4-2-3-5-17(16)23-19(25)21-9-13-6-7-14-10-20-11-15(14)8-13/h2-8,20H,9-11H2,1H3,(H2,21,23,25). The number of amides is 2. The van der Waals surface area contributed by atoms with Crippen molar-refractivity contribution in [1.29, 1.82) is 0 Å². The zero-order chi connectivity index (χ0) is 17.9.